The molecule has 1 saturated heterocycles. The van der Waals surface area contributed by atoms with Gasteiger partial charge in [-0.1, -0.05) is 36.4 Å². The fourth-order valence-electron chi connectivity index (χ4n) is 5.04. The molecule has 1 aliphatic carbocycles. The normalized spacial score (nSPS) is 19.2. The van der Waals surface area contributed by atoms with Crippen molar-refractivity contribution in [2.24, 2.45) is 0 Å². The number of hydrogen-bond acceptors (Lipinski definition) is 4. The third-order valence-corrected chi connectivity index (χ3v) is 6.76. The largest absolute Gasteiger partial charge is 0.507 e. The van der Waals surface area contributed by atoms with Crippen LogP contribution in [0.2, 0.25) is 0 Å². The van der Waals surface area contributed by atoms with Gasteiger partial charge in [0.2, 0.25) is 0 Å². The molecule has 0 saturated carbocycles. The van der Waals surface area contributed by atoms with Crippen molar-refractivity contribution in [2.45, 2.75) is 38.6 Å². The number of anilines is 1. The summed E-state index contributed by atoms with van der Waals surface area (Å²) in [5.74, 6) is -0.877. The summed E-state index contributed by atoms with van der Waals surface area (Å²) in [6, 6.07) is 19.8. The van der Waals surface area contributed by atoms with Gasteiger partial charge in [-0.05, 0) is 85.2 Å². The zero-order chi connectivity index (χ0) is 23.8. The molecule has 0 spiro atoms. The third-order valence-electron chi connectivity index (χ3n) is 6.76. The van der Waals surface area contributed by atoms with Crippen LogP contribution in [0.25, 0.3) is 5.76 Å². The highest BCUT2D eigenvalue weighted by Crippen LogP contribution is 2.43. The van der Waals surface area contributed by atoms with Crippen LogP contribution in [-0.4, -0.2) is 23.9 Å². The van der Waals surface area contributed by atoms with E-state index in [1.807, 2.05) is 67.6 Å². The van der Waals surface area contributed by atoms with Crippen molar-refractivity contribution in [3.8, 4) is 5.75 Å². The summed E-state index contributed by atoms with van der Waals surface area (Å²) in [6.07, 6.45) is 4.25. The first-order chi connectivity index (χ1) is 16.5. The summed E-state index contributed by atoms with van der Waals surface area (Å²) in [7, 11) is 1.57. The first-order valence-electron chi connectivity index (χ1n) is 11.6. The number of Topliss-reactive ketones (excluding diaryl/α,β-unsaturated/α-hetero) is 1. The number of aryl methyl sites for hydroxylation is 3. The van der Waals surface area contributed by atoms with Crippen molar-refractivity contribution in [2.75, 3.05) is 12.0 Å². The molecule has 1 atom stereocenters. The second kappa shape index (κ2) is 8.82. The number of amides is 1. The van der Waals surface area contributed by atoms with Crippen molar-refractivity contribution in [3.05, 3.63) is 100 Å². The number of ketones is 1. The molecule has 34 heavy (non-hydrogen) atoms. The number of aliphatic hydroxyl groups excluding tert-OH is 1. The van der Waals surface area contributed by atoms with Gasteiger partial charge >= 0.3 is 0 Å². The van der Waals surface area contributed by atoms with E-state index < -0.39 is 17.7 Å². The van der Waals surface area contributed by atoms with E-state index in [4.69, 9.17) is 4.74 Å². The number of rotatable bonds is 4. The number of carbonyl (C=O) groups excluding carboxylic acids is 2. The second-order valence-electron chi connectivity index (χ2n) is 8.98. The van der Waals surface area contributed by atoms with E-state index in [-0.39, 0.29) is 11.3 Å². The van der Waals surface area contributed by atoms with Crippen LogP contribution in [-0.2, 0) is 22.4 Å². The van der Waals surface area contributed by atoms with Crippen molar-refractivity contribution in [1.29, 1.82) is 0 Å². The summed E-state index contributed by atoms with van der Waals surface area (Å²) >= 11 is 0. The molecular weight excluding hydrogens is 426 g/mol. The van der Waals surface area contributed by atoms with E-state index in [1.165, 1.54) is 16.0 Å². The number of carbonyl (C=O) groups is 2. The number of nitrogens with zero attached hydrogens (tertiary/aromatic N) is 1. The minimum Gasteiger partial charge on any atom is -0.507 e. The topological polar surface area (TPSA) is 66.8 Å². The standard InChI is InChI=1S/C29H27NO4/c1-18-7-5-11-23(15-18)30-26(21-10-6-12-24(17-21)34-2)25(28(32)29(30)33)27(31)22-14-13-19-8-3-4-9-20(19)16-22/h5-7,10-17,26,31H,3-4,8-9H2,1-2H3/b27-25-. The third kappa shape index (κ3) is 3.77. The van der Waals surface area contributed by atoms with Crippen molar-refractivity contribution < 1.29 is 19.4 Å². The molecule has 1 fully saturated rings. The van der Waals surface area contributed by atoms with Gasteiger partial charge in [0, 0.05) is 11.3 Å². The zero-order valence-corrected chi connectivity index (χ0v) is 19.4. The Labute approximate surface area is 199 Å². The SMILES string of the molecule is COc1cccc(C2/C(=C(/O)c3ccc4c(c3)CCCC4)C(=O)C(=O)N2c2cccc(C)c2)c1. The molecule has 1 unspecified atom stereocenters. The van der Waals surface area contributed by atoms with Crippen LogP contribution < -0.4 is 9.64 Å². The fourth-order valence-corrected chi connectivity index (χ4v) is 5.04. The van der Waals surface area contributed by atoms with E-state index in [1.54, 1.807) is 13.2 Å². The van der Waals surface area contributed by atoms with Crippen LogP contribution in [0.1, 0.15) is 46.7 Å². The maximum Gasteiger partial charge on any atom is 0.300 e. The highest BCUT2D eigenvalue weighted by atomic mass is 16.5. The number of methoxy groups -OCH3 is 1. The van der Waals surface area contributed by atoms with Gasteiger partial charge in [-0.3, -0.25) is 14.5 Å². The van der Waals surface area contributed by atoms with Gasteiger partial charge in [-0.15, -0.1) is 0 Å². The molecule has 0 aromatic heterocycles. The van der Waals surface area contributed by atoms with Gasteiger partial charge in [0.15, 0.2) is 0 Å². The average molecular weight is 454 g/mol. The van der Waals surface area contributed by atoms with Crippen LogP contribution in [0.15, 0.2) is 72.3 Å². The van der Waals surface area contributed by atoms with Gasteiger partial charge in [-0.2, -0.15) is 0 Å². The summed E-state index contributed by atoms with van der Waals surface area (Å²) in [5.41, 5.74) is 5.41. The van der Waals surface area contributed by atoms with E-state index in [2.05, 4.69) is 0 Å². The van der Waals surface area contributed by atoms with Crippen molar-refractivity contribution >= 4 is 23.1 Å². The molecule has 0 radical (unpaired) electrons. The lowest BCUT2D eigenvalue weighted by Crippen LogP contribution is -2.29. The molecule has 1 N–H and O–H groups in total. The van der Waals surface area contributed by atoms with Crippen LogP contribution in [0.5, 0.6) is 5.75 Å². The molecule has 3 aromatic rings. The summed E-state index contributed by atoms with van der Waals surface area (Å²) < 4.78 is 5.40. The molecule has 172 valence electrons. The number of ether oxygens (including phenoxy) is 1. The highest BCUT2D eigenvalue weighted by Gasteiger charge is 2.47. The van der Waals surface area contributed by atoms with Gasteiger partial charge in [0.05, 0.1) is 18.7 Å². The Bertz CT molecular complexity index is 1320. The van der Waals surface area contributed by atoms with Crippen molar-refractivity contribution in [3.63, 3.8) is 0 Å². The Morgan fingerprint density at radius 1 is 0.941 bits per heavy atom. The molecule has 5 rings (SSSR count). The van der Waals surface area contributed by atoms with E-state index in [0.29, 0.717) is 22.6 Å². The van der Waals surface area contributed by atoms with E-state index in [9.17, 15) is 14.7 Å². The predicted octanol–water partition coefficient (Wildman–Crippen LogP) is 5.51. The number of aliphatic hydroxyl groups is 1. The molecule has 5 nitrogen and oxygen atoms in total. The lowest BCUT2D eigenvalue weighted by molar-refractivity contribution is -0.132. The Balaban J connectivity index is 1.71. The monoisotopic (exact) mass is 453 g/mol. The molecule has 1 aliphatic heterocycles. The molecule has 1 heterocycles. The number of benzene rings is 3. The predicted molar refractivity (Wildman–Crippen MR) is 132 cm³/mol. The molecule has 3 aromatic carbocycles. The smallest absolute Gasteiger partial charge is 0.300 e. The van der Waals surface area contributed by atoms with E-state index >= 15 is 0 Å². The lowest BCUT2D eigenvalue weighted by Gasteiger charge is -2.26. The number of hydrogen-bond donors (Lipinski definition) is 1. The molecule has 5 heteroatoms. The van der Waals surface area contributed by atoms with Gasteiger partial charge < -0.3 is 9.84 Å². The fraction of sp³-hybridized carbons (Fsp3) is 0.241. The maximum atomic E-state index is 13.4. The minimum absolute atomic E-state index is 0.0931. The quantitative estimate of drug-likeness (QED) is 0.321. The lowest BCUT2D eigenvalue weighted by atomic mass is 9.88. The Morgan fingerprint density at radius 2 is 1.71 bits per heavy atom. The highest BCUT2D eigenvalue weighted by molar-refractivity contribution is 6.51. The zero-order valence-electron chi connectivity index (χ0n) is 19.4. The van der Waals surface area contributed by atoms with E-state index in [0.717, 1.165) is 31.2 Å². The summed E-state index contributed by atoms with van der Waals surface area (Å²) in [4.78, 5) is 28.2. The van der Waals surface area contributed by atoms with Crippen LogP contribution >= 0.6 is 0 Å². The van der Waals surface area contributed by atoms with Crippen LogP contribution in [0.3, 0.4) is 0 Å². The Kier molecular flexibility index (Phi) is 5.70. The van der Waals surface area contributed by atoms with Crippen LogP contribution in [0.4, 0.5) is 5.69 Å². The molecule has 0 bridgehead atoms. The Morgan fingerprint density at radius 3 is 2.47 bits per heavy atom. The molecule has 1 amide bonds. The first-order valence-corrected chi connectivity index (χ1v) is 11.6. The van der Waals surface area contributed by atoms with Gasteiger partial charge in [0.25, 0.3) is 11.7 Å². The van der Waals surface area contributed by atoms with Crippen LogP contribution in [0, 0.1) is 6.92 Å². The summed E-state index contributed by atoms with van der Waals surface area (Å²) in [6.45, 7) is 1.94. The second-order valence-corrected chi connectivity index (χ2v) is 8.98. The van der Waals surface area contributed by atoms with Gasteiger partial charge in [0.1, 0.15) is 11.5 Å². The average Bonchev–Trinajstić information content (AvgIpc) is 3.13. The maximum absolute atomic E-state index is 13.4. The molecular formula is C29H27NO4. The number of fused-ring (bicyclic) bond motifs is 1. The first kappa shape index (κ1) is 22.0. The van der Waals surface area contributed by atoms with Crippen molar-refractivity contribution in [1.82, 2.24) is 0 Å². The molecule has 2 aliphatic rings. The summed E-state index contributed by atoms with van der Waals surface area (Å²) in [5, 5.41) is 11.4. The Hall–Kier alpha value is -3.86. The van der Waals surface area contributed by atoms with Gasteiger partial charge in [-0.25, -0.2) is 0 Å². The minimum atomic E-state index is -0.770.